The predicted octanol–water partition coefficient (Wildman–Crippen LogP) is 4.34. The zero-order valence-electron chi connectivity index (χ0n) is 12.5. The van der Waals surface area contributed by atoms with Gasteiger partial charge in [-0.1, -0.05) is 0 Å². The highest BCUT2D eigenvalue weighted by Gasteiger charge is 2.21. The summed E-state index contributed by atoms with van der Waals surface area (Å²) in [7, 11) is 1.70. The molecule has 0 saturated carbocycles. The lowest BCUT2D eigenvalue weighted by Gasteiger charge is -2.23. The van der Waals surface area contributed by atoms with Crippen molar-refractivity contribution in [3.63, 3.8) is 0 Å². The number of benzene rings is 2. The summed E-state index contributed by atoms with van der Waals surface area (Å²) in [6, 6.07) is 4.77. The summed E-state index contributed by atoms with van der Waals surface area (Å²) in [6.07, 6.45) is 0. The molecule has 0 aliphatic carbocycles. The molecular formula is C17H18F3N. The Bertz CT molecular complexity index is 657. The minimum absolute atomic E-state index is 0.320. The third-order valence-electron chi connectivity index (χ3n) is 3.72. The normalized spacial score (nSPS) is 12.5. The third-order valence-corrected chi connectivity index (χ3v) is 3.72. The molecule has 1 N–H and O–H groups in total. The molecule has 2 rings (SSSR count). The summed E-state index contributed by atoms with van der Waals surface area (Å²) in [5, 5.41) is 3.04. The number of hydrogen-bond acceptors (Lipinski definition) is 1. The Kier molecular flexibility index (Phi) is 4.37. The van der Waals surface area contributed by atoms with Gasteiger partial charge in [0.2, 0.25) is 0 Å². The molecule has 0 fully saturated rings. The first-order valence-corrected chi connectivity index (χ1v) is 6.74. The van der Waals surface area contributed by atoms with Crippen molar-refractivity contribution in [3.05, 3.63) is 69.5 Å². The first-order valence-electron chi connectivity index (χ1n) is 6.74. The van der Waals surface area contributed by atoms with E-state index in [1.165, 1.54) is 18.2 Å². The zero-order chi connectivity index (χ0) is 15.7. The van der Waals surface area contributed by atoms with Crippen molar-refractivity contribution in [1.29, 1.82) is 0 Å². The van der Waals surface area contributed by atoms with Crippen LogP contribution >= 0.6 is 0 Å². The Morgan fingerprint density at radius 3 is 1.90 bits per heavy atom. The standard InChI is InChI=1S/C17H18F3N/c1-9-7-13(15(20)8-14(9)19)17(21-4)16-10(2)5-12(18)6-11(16)3/h5-8,17,21H,1-4H3. The molecule has 0 aliphatic rings. The highest BCUT2D eigenvalue weighted by atomic mass is 19.1. The molecule has 0 bridgehead atoms. The second-order valence-electron chi connectivity index (χ2n) is 5.30. The van der Waals surface area contributed by atoms with Crippen molar-refractivity contribution >= 4 is 0 Å². The lowest BCUT2D eigenvalue weighted by Crippen LogP contribution is -2.21. The van der Waals surface area contributed by atoms with Gasteiger partial charge in [0.05, 0.1) is 6.04 Å². The van der Waals surface area contributed by atoms with E-state index in [0.717, 1.165) is 22.8 Å². The van der Waals surface area contributed by atoms with Crippen molar-refractivity contribution in [3.8, 4) is 0 Å². The lowest BCUT2D eigenvalue weighted by molar-refractivity contribution is 0.545. The van der Waals surface area contributed by atoms with Crippen LogP contribution in [0.25, 0.3) is 0 Å². The van der Waals surface area contributed by atoms with E-state index >= 15 is 0 Å². The predicted molar refractivity (Wildman–Crippen MR) is 77.9 cm³/mol. The minimum atomic E-state index is -0.611. The second kappa shape index (κ2) is 5.90. The average Bonchev–Trinajstić information content (AvgIpc) is 2.38. The molecule has 0 heterocycles. The number of nitrogens with one attached hydrogen (secondary N) is 1. The van der Waals surface area contributed by atoms with Crippen LogP contribution in [0.1, 0.15) is 33.9 Å². The summed E-state index contributed by atoms with van der Waals surface area (Å²) in [6.45, 7) is 5.16. The quantitative estimate of drug-likeness (QED) is 0.887. The van der Waals surface area contributed by atoms with Crippen molar-refractivity contribution < 1.29 is 13.2 Å². The number of halogens is 3. The van der Waals surface area contributed by atoms with Crippen molar-refractivity contribution in [1.82, 2.24) is 5.32 Å². The fourth-order valence-corrected chi connectivity index (χ4v) is 2.73. The van der Waals surface area contributed by atoms with Gasteiger partial charge in [-0.2, -0.15) is 0 Å². The summed E-state index contributed by atoms with van der Waals surface area (Å²) >= 11 is 0. The molecule has 1 atom stereocenters. The molecule has 0 spiro atoms. The van der Waals surface area contributed by atoms with Gasteiger partial charge in [0.1, 0.15) is 17.5 Å². The van der Waals surface area contributed by atoms with E-state index in [2.05, 4.69) is 5.32 Å². The molecule has 1 unspecified atom stereocenters. The van der Waals surface area contributed by atoms with Gasteiger partial charge < -0.3 is 5.32 Å². The molecule has 0 aromatic heterocycles. The summed E-state index contributed by atoms with van der Waals surface area (Å²) < 4.78 is 41.0. The Balaban J connectivity index is 2.63. The van der Waals surface area contributed by atoms with E-state index in [0.29, 0.717) is 11.1 Å². The molecule has 112 valence electrons. The van der Waals surface area contributed by atoms with Crippen LogP contribution in [0.15, 0.2) is 24.3 Å². The molecule has 1 nitrogen and oxygen atoms in total. The number of hydrogen-bond donors (Lipinski definition) is 1. The van der Waals surface area contributed by atoms with Gasteiger partial charge >= 0.3 is 0 Å². The van der Waals surface area contributed by atoms with Crippen LogP contribution in [-0.4, -0.2) is 7.05 Å². The van der Waals surface area contributed by atoms with Gasteiger partial charge in [0.15, 0.2) is 0 Å². The molecule has 2 aromatic carbocycles. The van der Waals surface area contributed by atoms with Crippen LogP contribution in [-0.2, 0) is 0 Å². The smallest absolute Gasteiger partial charge is 0.131 e. The Morgan fingerprint density at radius 2 is 1.38 bits per heavy atom. The van der Waals surface area contributed by atoms with Gasteiger partial charge in [0.25, 0.3) is 0 Å². The van der Waals surface area contributed by atoms with Crippen molar-refractivity contribution in [2.24, 2.45) is 0 Å². The maximum Gasteiger partial charge on any atom is 0.131 e. The fourth-order valence-electron chi connectivity index (χ4n) is 2.73. The number of rotatable bonds is 3. The largest absolute Gasteiger partial charge is 0.309 e. The lowest BCUT2D eigenvalue weighted by atomic mass is 9.90. The number of aryl methyl sites for hydroxylation is 3. The summed E-state index contributed by atoms with van der Waals surface area (Å²) in [5.74, 6) is -1.50. The van der Waals surface area contributed by atoms with E-state index in [9.17, 15) is 13.2 Å². The van der Waals surface area contributed by atoms with E-state index in [1.54, 1.807) is 27.8 Å². The Labute approximate surface area is 122 Å². The molecule has 21 heavy (non-hydrogen) atoms. The van der Waals surface area contributed by atoms with Crippen molar-refractivity contribution in [2.75, 3.05) is 7.05 Å². The minimum Gasteiger partial charge on any atom is -0.309 e. The molecule has 0 radical (unpaired) electrons. The van der Waals surface area contributed by atoms with Gasteiger partial charge in [-0.15, -0.1) is 0 Å². The fraction of sp³-hybridized carbons (Fsp3) is 0.294. The zero-order valence-corrected chi connectivity index (χ0v) is 12.5. The monoisotopic (exact) mass is 293 g/mol. The molecule has 4 heteroatoms. The summed E-state index contributed by atoms with van der Waals surface area (Å²) in [4.78, 5) is 0. The molecule has 0 aliphatic heterocycles. The molecular weight excluding hydrogens is 275 g/mol. The highest BCUT2D eigenvalue weighted by Crippen LogP contribution is 2.31. The van der Waals surface area contributed by atoms with Crippen LogP contribution in [0.2, 0.25) is 0 Å². The van der Waals surface area contributed by atoms with E-state index in [4.69, 9.17) is 0 Å². The first-order chi connectivity index (χ1) is 9.85. The van der Waals surface area contributed by atoms with Gasteiger partial charge in [-0.25, -0.2) is 13.2 Å². The van der Waals surface area contributed by atoms with Crippen LogP contribution < -0.4 is 5.32 Å². The van der Waals surface area contributed by atoms with Crippen LogP contribution in [0.5, 0.6) is 0 Å². The summed E-state index contributed by atoms with van der Waals surface area (Å²) in [5.41, 5.74) is 3.00. The maximum atomic E-state index is 14.1. The van der Waals surface area contributed by atoms with Gasteiger partial charge in [0, 0.05) is 11.6 Å². The van der Waals surface area contributed by atoms with Crippen LogP contribution in [0, 0.1) is 38.2 Å². The molecule has 2 aromatic rings. The third kappa shape index (κ3) is 2.95. The maximum absolute atomic E-state index is 14.1. The Morgan fingerprint density at radius 1 is 0.810 bits per heavy atom. The Hall–Kier alpha value is -1.81. The second-order valence-corrected chi connectivity index (χ2v) is 5.30. The van der Waals surface area contributed by atoms with E-state index in [-0.39, 0.29) is 5.82 Å². The van der Waals surface area contributed by atoms with Crippen molar-refractivity contribution in [2.45, 2.75) is 26.8 Å². The van der Waals surface area contributed by atoms with Crippen LogP contribution in [0.4, 0.5) is 13.2 Å². The van der Waals surface area contributed by atoms with E-state index < -0.39 is 17.7 Å². The first kappa shape index (κ1) is 15.6. The average molecular weight is 293 g/mol. The van der Waals surface area contributed by atoms with Gasteiger partial charge in [-0.3, -0.25) is 0 Å². The van der Waals surface area contributed by atoms with Crippen LogP contribution in [0.3, 0.4) is 0 Å². The van der Waals surface area contributed by atoms with E-state index in [1.807, 2.05) is 0 Å². The SMILES string of the molecule is CNC(c1cc(C)c(F)cc1F)c1c(C)cc(F)cc1C. The van der Waals surface area contributed by atoms with Gasteiger partial charge in [-0.05, 0) is 68.3 Å². The topological polar surface area (TPSA) is 12.0 Å². The molecule has 0 amide bonds. The highest BCUT2D eigenvalue weighted by molar-refractivity contribution is 5.43. The molecule has 0 saturated heterocycles.